The highest BCUT2D eigenvalue weighted by Gasteiger charge is 2.21. The van der Waals surface area contributed by atoms with Crippen molar-refractivity contribution < 1.29 is 5.11 Å². The molecule has 1 fully saturated rings. The number of rotatable bonds is 5. The van der Waals surface area contributed by atoms with Gasteiger partial charge in [-0.1, -0.05) is 12.1 Å². The molecule has 108 valence electrons. The molecule has 1 aliphatic heterocycles. The van der Waals surface area contributed by atoms with E-state index >= 15 is 0 Å². The molecule has 0 aliphatic carbocycles. The molecule has 1 aromatic carbocycles. The average molecular weight is 303 g/mol. The number of nitrogens with one attached hydrogen (secondary N) is 1. The third-order valence-corrected chi connectivity index (χ3v) is 4.24. The molecule has 2 N–H and O–H groups in total. The summed E-state index contributed by atoms with van der Waals surface area (Å²) in [6.07, 6.45) is 2.91. The maximum atomic E-state index is 9.28. The molecule has 0 bridgehead atoms. The average Bonchev–Trinajstić information content (AvgIpc) is 2.46. The molecule has 19 heavy (non-hydrogen) atoms. The van der Waals surface area contributed by atoms with Gasteiger partial charge in [-0.3, -0.25) is 4.90 Å². The number of thioether (sulfide) groups is 1. The van der Waals surface area contributed by atoms with Crippen molar-refractivity contribution in [2.75, 3.05) is 39.0 Å². The predicted molar refractivity (Wildman–Crippen MR) is 84.4 cm³/mol. The quantitative estimate of drug-likeness (QED) is 0.817. The second kappa shape index (κ2) is 8.82. The molecule has 1 aliphatic rings. The van der Waals surface area contributed by atoms with Gasteiger partial charge in [0, 0.05) is 43.7 Å². The first-order chi connectivity index (χ1) is 8.85. The highest BCUT2D eigenvalue weighted by Crippen LogP contribution is 2.26. The van der Waals surface area contributed by atoms with Gasteiger partial charge in [0.2, 0.25) is 0 Å². The summed E-state index contributed by atoms with van der Waals surface area (Å²) in [7, 11) is 0. The van der Waals surface area contributed by atoms with E-state index in [9.17, 15) is 5.11 Å². The fourth-order valence-corrected chi connectivity index (χ4v) is 2.91. The van der Waals surface area contributed by atoms with Crippen LogP contribution in [0.1, 0.15) is 18.0 Å². The minimum absolute atomic E-state index is 0. The lowest BCUT2D eigenvalue weighted by molar-refractivity contribution is 0.141. The van der Waals surface area contributed by atoms with Crippen LogP contribution in [-0.2, 0) is 0 Å². The Morgan fingerprint density at radius 3 is 2.42 bits per heavy atom. The Hall–Kier alpha value is -0.260. The van der Waals surface area contributed by atoms with Gasteiger partial charge in [0.15, 0.2) is 0 Å². The molecule has 2 rings (SSSR count). The lowest BCUT2D eigenvalue weighted by Gasteiger charge is -2.35. The monoisotopic (exact) mass is 302 g/mol. The Labute approximate surface area is 126 Å². The molecule has 0 unspecified atom stereocenters. The smallest absolute Gasteiger partial charge is 0.0449 e. The van der Waals surface area contributed by atoms with Gasteiger partial charge in [0.1, 0.15) is 0 Å². The number of nitrogens with zero attached hydrogens (tertiary/aromatic N) is 1. The highest BCUT2D eigenvalue weighted by molar-refractivity contribution is 7.98. The molecule has 1 aromatic rings. The van der Waals surface area contributed by atoms with Crippen LogP contribution in [0.15, 0.2) is 29.2 Å². The number of benzene rings is 1. The first kappa shape index (κ1) is 16.8. The van der Waals surface area contributed by atoms with E-state index < -0.39 is 0 Å². The van der Waals surface area contributed by atoms with Crippen LogP contribution in [0.5, 0.6) is 0 Å². The SMILES string of the molecule is CSc1ccc([C@H](CCO)N2CCNCC2)cc1.Cl. The summed E-state index contributed by atoms with van der Waals surface area (Å²) in [5.74, 6) is 0. The number of hydrogen-bond acceptors (Lipinski definition) is 4. The fourth-order valence-electron chi connectivity index (χ4n) is 2.50. The summed E-state index contributed by atoms with van der Waals surface area (Å²) in [4.78, 5) is 3.77. The molecular formula is C14H23ClN2OS. The van der Waals surface area contributed by atoms with Crippen molar-refractivity contribution in [2.24, 2.45) is 0 Å². The van der Waals surface area contributed by atoms with Crippen molar-refractivity contribution in [3.05, 3.63) is 29.8 Å². The zero-order valence-corrected chi connectivity index (χ0v) is 13.0. The van der Waals surface area contributed by atoms with Crippen molar-refractivity contribution in [3.63, 3.8) is 0 Å². The van der Waals surface area contributed by atoms with Crippen molar-refractivity contribution in [1.29, 1.82) is 0 Å². The molecule has 0 spiro atoms. The second-order valence-corrected chi connectivity index (χ2v) is 5.47. The molecule has 0 amide bonds. The minimum atomic E-state index is 0. The molecule has 3 nitrogen and oxygen atoms in total. The summed E-state index contributed by atoms with van der Waals surface area (Å²) in [5.41, 5.74) is 1.32. The van der Waals surface area contributed by atoms with Crippen LogP contribution in [0.3, 0.4) is 0 Å². The van der Waals surface area contributed by atoms with Gasteiger partial charge < -0.3 is 10.4 Å². The Balaban J connectivity index is 0.00000180. The number of aliphatic hydroxyl groups excluding tert-OH is 1. The van der Waals surface area contributed by atoms with Crippen molar-refractivity contribution in [3.8, 4) is 0 Å². The van der Waals surface area contributed by atoms with Crippen LogP contribution in [-0.4, -0.2) is 49.0 Å². The molecule has 0 radical (unpaired) electrons. The molecule has 1 atom stereocenters. The third-order valence-electron chi connectivity index (χ3n) is 3.50. The first-order valence-corrected chi connectivity index (χ1v) is 7.77. The van der Waals surface area contributed by atoms with E-state index in [2.05, 4.69) is 40.7 Å². The first-order valence-electron chi connectivity index (χ1n) is 6.54. The Morgan fingerprint density at radius 1 is 1.26 bits per heavy atom. The van der Waals surface area contributed by atoms with Gasteiger partial charge in [0.05, 0.1) is 0 Å². The Morgan fingerprint density at radius 2 is 1.89 bits per heavy atom. The van der Waals surface area contributed by atoms with Crippen molar-refractivity contribution in [1.82, 2.24) is 10.2 Å². The number of piperazine rings is 1. The van der Waals surface area contributed by atoms with Gasteiger partial charge in [-0.25, -0.2) is 0 Å². The molecule has 5 heteroatoms. The maximum absolute atomic E-state index is 9.28. The van der Waals surface area contributed by atoms with E-state index in [1.54, 1.807) is 11.8 Å². The van der Waals surface area contributed by atoms with Gasteiger partial charge in [-0.15, -0.1) is 24.2 Å². The van der Waals surface area contributed by atoms with Crippen LogP contribution in [0.2, 0.25) is 0 Å². The van der Waals surface area contributed by atoms with E-state index in [1.165, 1.54) is 10.5 Å². The standard InChI is InChI=1S/C14H22N2OS.ClH/c1-18-13-4-2-12(3-5-13)14(6-11-17)16-9-7-15-8-10-16;/h2-5,14-15,17H,6-11H2,1H3;1H/t14-;/m0./s1. The van der Waals surface area contributed by atoms with Crippen LogP contribution in [0, 0.1) is 0 Å². The van der Waals surface area contributed by atoms with Crippen molar-refractivity contribution >= 4 is 24.2 Å². The van der Waals surface area contributed by atoms with Gasteiger partial charge in [-0.2, -0.15) is 0 Å². The van der Waals surface area contributed by atoms with Crippen LogP contribution < -0.4 is 5.32 Å². The Kier molecular flexibility index (Phi) is 7.80. The zero-order valence-electron chi connectivity index (χ0n) is 11.3. The van der Waals surface area contributed by atoms with Crippen LogP contribution in [0.4, 0.5) is 0 Å². The van der Waals surface area contributed by atoms with Crippen LogP contribution in [0.25, 0.3) is 0 Å². The van der Waals surface area contributed by atoms with Gasteiger partial charge in [-0.05, 0) is 30.4 Å². The summed E-state index contributed by atoms with van der Waals surface area (Å²) >= 11 is 1.77. The van der Waals surface area contributed by atoms with E-state index in [1.807, 2.05) is 0 Å². The van der Waals surface area contributed by atoms with Crippen LogP contribution >= 0.6 is 24.2 Å². The lowest BCUT2D eigenvalue weighted by Crippen LogP contribution is -2.45. The zero-order chi connectivity index (χ0) is 12.8. The predicted octanol–water partition coefficient (Wildman–Crippen LogP) is 2.16. The fraction of sp³-hybridized carbons (Fsp3) is 0.571. The lowest BCUT2D eigenvalue weighted by atomic mass is 10.0. The van der Waals surface area contributed by atoms with E-state index in [-0.39, 0.29) is 19.0 Å². The van der Waals surface area contributed by atoms with E-state index in [4.69, 9.17) is 0 Å². The molecule has 1 saturated heterocycles. The molecule has 1 heterocycles. The summed E-state index contributed by atoms with van der Waals surface area (Å²) in [6, 6.07) is 9.11. The topological polar surface area (TPSA) is 35.5 Å². The molecular weight excluding hydrogens is 280 g/mol. The maximum Gasteiger partial charge on any atom is 0.0449 e. The van der Waals surface area contributed by atoms with E-state index in [0.717, 1.165) is 32.6 Å². The van der Waals surface area contributed by atoms with Crippen molar-refractivity contribution in [2.45, 2.75) is 17.4 Å². The number of halogens is 1. The summed E-state index contributed by atoms with van der Waals surface area (Å²) < 4.78 is 0. The van der Waals surface area contributed by atoms with Gasteiger partial charge >= 0.3 is 0 Å². The second-order valence-electron chi connectivity index (χ2n) is 4.59. The summed E-state index contributed by atoms with van der Waals surface area (Å²) in [6.45, 7) is 4.47. The van der Waals surface area contributed by atoms with E-state index in [0.29, 0.717) is 6.04 Å². The van der Waals surface area contributed by atoms with Gasteiger partial charge in [0.25, 0.3) is 0 Å². The number of aliphatic hydroxyl groups is 1. The number of hydrogen-bond donors (Lipinski definition) is 2. The third kappa shape index (κ3) is 4.65. The highest BCUT2D eigenvalue weighted by atomic mass is 35.5. The molecule has 0 aromatic heterocycles. The Bertz CT molecular complexity index is 355. The normalized spacial score (nSPS) is 17.8. The minimum Gasteiger partial charge on any atom is -0.396 e. The molecule has 0 saturated carbocycles. The summed E-state index contributed by atoms with van der Waals surface area (Å²) in [5, 5.41) is 12.7. The largest absolute Gasteiger partial charge is 0.396 e.